The van der Waals surface area contributed by atoms with E-state index in [1.54, 1.807) is 0 Å². The van der Waals surface area contributed by atoms with Gasteiger partial charge in [0, 0.05) is 31.6 Å². The summed E-state index contributed by atoms with van der Waals surface area (Å²) >= 11 is 0. The zero-order valence-electron chi connectivity index (χ0n) is 8.78. The number of hydrogen-bond donors (Lipinski definition) is 1. The van der Waals surface area contributed by atoms with Crippen LogP contribution < -0.4 is 5.73 Å². The minimum Gasteiger partial charge on any atom is -0.340 e. The summed E-state index contributed by atoms with van der Waals surface area (Å²) in [5.74, 6) is 0.234. The lowest BCUT2D eigenvalue weighted by Gasteiger charge is -2.25. The first-order valence-electron chi connectivity index (χ1n) is 5.40. The van der Waals surface area contributed by atoms with Crippen molar-refractivity contribution in [2.45, 2.75) is 31.3 Å². The minimum atomic E-state index is 0.0641. The van der Waals surface area contributed by atoms with Crippen molar-refractivity contribution in [2.75, 3.05) is 26.7 Å². The molecule has 0 aromatic rings. The lowest BCUT2D eigenvalue weighted by molar-refractivity contribution is -0.128. The smallest absolute Gasteiger partial charge is 0.224 e. The van der Waals surface area contributed by atoms with Crippen molar-refractivity contribution in [1.82, 2.24) is 9.80 Å². The van der Waals surface area contributed by atoms with Gasteiger partial charge >= 0.3 is 0 Å². The summed E-state index contributed by atoms with van der Waals surface area (Å²) in [6.45, 7) is 2.80. The largest absolute Gasteiger partial charge is 0.340 e. The number of likely N-dealkylation sites (tertiary alicyclic amines) is 2. The number of amides is 1. The molecular formula is C10H19N3O. The standard InChI is InChI=1S/C10H19N3O/c1-12-4-2-3-9(12)7-13-6-8(11)5-10(13)14/h8-9H,2-7,11H2,1H3. The number of likely N-dealkylation sites (N-methyl/N-ethyl adjacent to an activating group) is 1. The Hall–Kier alpha value is -0.610. The molecule has 2 N–H and O–H groups in total. The highest BCUT2D eigenvalue weighted by atomic mass is 16.2. The molecule has 2 rings (SSSR count). The van der Waals surface area contributed by atoms with Crippen molar-refractivity contribution in [3.63, 3.8) is 0 Å². The highest BCUT2D eigenvalue weighted by Gasteiger charge is 2.31. The van der Waals surface area contributed by atoms with Crippen molar-refractivity contribution in [3.8, 4) is 0 Å². The molecule has 4 nitrogen and oxygen atoms in total. The molecule has 80 valence electrons. The third-order valence-electron chi connectivity index (χ3n) is 3.35. The second-order valence-corrected chi connectivity index (χ2v) is 4.54. The van der Waals surface area contributed by atoms with Gasteiger partial charge in [0.15, 0.2) is 0 Å². The van der Waals surface area contributed by atoms with E-state index in [9.17, 15) is 4.79 Å². The molecule has 0 radical (unpaired) electrons. The summed E-state index contributed by atoms with van der Waals surface area (Å²) in [4.78, 5) is 15.8. The molecule has 0 saturated carbocycles. The van der Waals surface area contributed by atoms with E-state index in [1.807, 2.05) is 4.90 Å². The zero-order valence-corrected chi connectivity index (χ0v) is 8.78. The van der Waals surface area contributed by atoms with Crippen LogP contribution in [0.2, 0.25) is 0 Å². The predicted octanol–water partition coefficient (Wildman–Crippen LogP) is -0.360. The highest BCUT2D eigenvalue weighted by molar-refractivity contribution is 5.79. The molecule has 1 amide bonds. The Bertz CT molecular complexity index is 231. The summed E-state index contributed by atoms with van der Waals surface area (Å²) in [6, 6.07) is 0.624. The molecule has 2 unspecified atom stereocenters. The fourth-order valence-electron chi connectivity index (χ4n) is 2.44. The van der Waals surface area contributed by atoms with Crippen LogP contribution in [0.5, 0.6) is 0 Å². The van der Waals surface area contributed by atoms with Crippen molar-refractivity contribution >= 4 is 5.91 Å². The van der Waals surface area contributed by atoms with E-state index >= 15 is 0 Å². The Kier molecular flexibility index (Phi) is 2.74. The molecule has 0 spiro atoms. The van der Waals surface area contributed by atoms with Crippen LogP contribution in [0.15, 0.2) is 0 Å². The van der Waals surface area contributed by atoms with Gasteiger partial charge < -0.3 is 15.5 Å². The van der Waals surface area contributed by atoms with Gasteiger partial charge in [-0.1, -0.05) is 0 Å². The van der Waals surface area contributed by atoms with Crippen molar-refractivity contribution < 1.29 is 4.79 Å². The number of nitrogens with two attached hydrogens (primary N) is 1. The fraction of sp³-hybridized carbons (Fsp3) is 0.900. The Morgan fingerprint density at radius 3 is 2.86 bits per heavy atom. The Morgan fingerprint density at radius 1 is 1.57 bits per heavy atom. The van der Waals surface area contributed by atoms with Gasteiger partial charge in [0.2, 0.25) is 5.91 Å². The van der Waals surface area contributed by atoms with Gasteiger partial charge in [-0.25, -0.2) is 0 Å². The molecule has 2 saturated heterocycles. The lowest BCUT2D eigenvalue weighted by Crippen LogP contribution is -2.40. The Morgan fingerprint density at radius 2 is 2.36 bits per heavy atom. The van der Waals surface area contributed by atoms with Gasteiger partial charge in [0.25, 0.3) is 0 Å². The maximum Gasteiger partial charge on any atom is 0.224 e. The molecule has 2 heterocycles. The molecule has 2 aliphatic rings. The maximum atomic E-state index is 11.5. The van der Waals surface area contributed by atoms with E-state index in [0.29, 0.717) is 12.5 Å². The molecule has 0 aromatic carbocycles. The van der Waals surface area contributed by atoms with Gasteiger partial charge in [-0.3, -0.25) is 4.79 Å². The van der Waals surface area contributed by atoms with E-state index in [0.717, 1.165) is 13.1 Å². The molecule has 2 atom stereocenters. The van der Waals surface area contributed by atoms with Gasteiger partial charge in [-0.2, -0.15) is 0 Å². The van der Waals surface area contributed by atoms with Crippen LogP contribution in [-0.4, -0.2) is 54.5 Å². The average Bonchev–Trinajstić information content (AvgIpc) is 2.62. The third-order valence-corrected chi connectivity index (χ3v) is 3.35. The summed E-state index contributed by atoms with van der Waals surface area (Å²) in [5.41, 5.74) is 5.75. The monoisotopic (exact) mass is 197 g/mol. The second kappa shape index (κ2) is 3.87. The number of carbonyl (C=O) groups excluding carboxylic acids is 1. The van der Waals surface area contributed by atoms with E-state index in [4.69, 9.17) is 5.73 Å². The molecule has 0 aromatic heterocycles. The molecule has 2 aliphatic heterocycles. The maximum absolute atomic E-state index is 11.5. The van der Waals surface area contributed by atoms with Crippen LogP contribution in [0.1, 0.15) is 19.3 Å². The van der Waals surface area contributed by atoms with E-state index in [1.165, 1.54) is 19.4 Å². The van der Waals surface area contributed by atoms with Crippen LogP contribution in [-0.2, 0) is 4.79 Å². The summed E-state index contributed by atoms with van der Waals surface area (Å²) in [7, 11) is 2.14. The van der Waals surface area contributed by atoms with Crippen LogP contribution in [0.4, 0.5) is 0 Å². The first kappa shape index (κ1) is 9.93. The van der Waals surface area contributed by atoms with Gasteiger partial charge in [0.05, 0.1) is 0 Å². The number of carbonyl (C=O) groups is 1. The molecule has 0 bridgehead atoms. The normalized spacial score (nSPS) is 34.4. The van der Waals surface area contributed by atoms with Crippen LogP contribution in [0.3, 0.4) is 0 Å². The lowest BCUT2D eigenvalue weighted by atomic mass is 10.2. The number of rotatable bonds is 2. The molecular weight excluding hydrogens is 178 g/mol. The first-order valence-corrected chi connectivity index (χ1v) is 5.40. The average molecular weight is 197 g/mol. The van der Waals surface area contributed by atoms with Gasteiger partial charge in [-0.15, -0.1) is 0 Å². The second-order valence-electron chi connectivity index (χ2n) is 4.54. The topological polar surface area (TPSA) is 49.6 Å². The van der Waals surface area contributed by atoms with Crippen molar-refractivity contribution in [3.05, 3.63) is 0 Å². The minimum absolute atomic E-state index is 0.0641. The van der Waals surface area contributed by atoms with Crippen molar-refractivity contribution in [1.29, 1.82) is 0 Å². The molecule has 0 aliphatic carbocycles. The van der Waals surface area contributed by atoms with Crippen LogP contribution in [0.25, 0.3) is 0 Å². The fourth-order valence-corrected chi connectivity index (χ4v) is 2.44. The molecule has 4 heteroatoms. The van der Waals surface area contributed by atoms with E-state index in [-0.39, 0.29) is 11.9 Å². The van der Waals surface area contributed by atoms with Crippen LogP contribution in [0, 0.1) is 0 Å². The Balaban J connectivity index is 1.88. The third kappa shape index (κ3) is 1.91. The van der Waals surface area contributed by atoms with Crippen LogP contribution >= 0.6 is 0 Å². The molecule has 14 heavy (non-hydrogen) atoms. The predicted molar refractivity (Wildman–Crippen MR) is 54.8 cm³/mol. The first-order chi connectivity index (χ1) is 6.66. The summed E-state index contributed by atoms with van der Waals surface area (Å²) in [5, 5.41) is 0. The van der Waals surface area contributed by atoms with Crippen molar-refractivity contribution in [2.24, 2.45) is 5.73 Å². The quantitative estimate of drug-likeness (QED) is 0.657. The summed E-state index contributed by atoms with van der Waals surface area (Å²) in [6.07, 6.45) is 3.02. The van der Waals surface area contributed by atoms with Gasteiger partial charge in [0.1, 0.15) is 0 Å². The zero-order chi connectivity index (χ0) is 10.1. The molecule has 2 fully saturated rings. The Labute approximate surface area is 85.0 Å². The summed E-state index contributed by atoms with van der Waals surface area (Å²) < 4.78 is 0. The SMILES string of the molecule is CN1CCCC1CN1CC(N)CC1=O. The van der Waals surface area contributed by atoms with E-state index in [2.05, 4.69) is 11.9 Å². The highest BCUT2D eigenvalue weighted by Crippen LogP contribution is 2.18. The number of nitrogens with zero attached hydrogens (tertiary/aromatic N) is 2. The van der Waals surface area contributed by atoms with E-state index < -0.39 is 0 Å². The number of hydrogen-bond acceptors (Lipinski definition) is 3. The van der Waals surface area contributed by atoms with Gasteiger partial charge in [-0.05, 0) is 26.4 Å².